The Balaban J connectivity index is 0.000000189. The van der Waals surface area contributed by atoms with Crippen molar-refractivity contribution < 1.29 is 41.0 Å². The van der Waals surface area contributed by atoms with Crippen LogP contribution in [-0.2, 0) is 23.7 Å². The summed E-state index contributed by atoms with van der Waals surface area (Å²) in [4.78, 5) is 11.6. The molecule has 0 amide bonds. The van der Waals surface area contributed by atoms with Crippen LogP contribution in [0.15, 0.2) is 48.8 Å². The minimum absolute atomic E-state index is 0.000302. The number of hydrogen-bond acceptors (Lipinski definition) is 5. The monoisotopic (exact) mass is 474 g/mol. The number of rotatable bonds is 3. The lowest BCUT2D eigenvalue weighted by Gasteiger charge is -2.05. The van der Waals surface area contributed by atoms with E-state index in [1.54, 1.807) is 12.1 Å². The molecule has 0 fully saturated rings. The summed E-state index contributed by atoms with van der Waals surface area (Å²) < 4.78 is 82.6. The van der Waals surface area contributed by atoms with Crippen LogP contribution in [-0.4, -0.2) is 36.9 Å². The predicted molar refractivity (Wildman–Crippen MR) is 102 cm³/mol. The Kier molecular flexibility index (Phi) is 6.63. The number of aliphatic hydroxyl groups excluding tert-OH is 1. The fourth-order valence-electron chi connectivity index (χ4n) is 3.04. The summed E-state index contributed by atoms with van der Waals surface area (Å²) >= 11 is 0. The number of carbonyl (C=O) groups is 1. The van der Waals surface area contributed by atoms with Crippen LogP contribution < -0.4 is 0 Å². The van der Waals surface area contributed by atoms with E-state index in [2.05, 4.69) is 14.9 Å². The van der Waals surface area contributed by atoms with E-state index in [-0.39, 0.29) is 23.2 Å². The fourth-order valence-corrected chi connectivity index (χ4v) is 3.04. The first kappa shape index (κ1) is 24.0. The SMILES string of the molecule is CCOC(=O)c1c(C(F)(F)F)nn2ccccc12.OCc1c(C(F)(F)F)nn2ccccc12. The molecule has 0 aromatic carbocycles. The van der Waals surface area contributed by atoms with Gasteiger partial charge in [0.25, 0.3) is 0 Å². The average molecular weight is 474 g/mol. The van der Waals surface area contributed by atoms with Gasteiger partial charge in [-0.1, -0.05) is 12.1 Å². The largest absolute Gasteiger partial charge is 0.462 e. The highest BCUT2D eigenvalue weighted by Crippen LogP contribution is 2.34. The Morgan fingerprint density at radius 2 is 1.42 bits per heavy atom. The maximum Gasteiger partial charge on any atom is 0.436 e. The normalized spacial score (nSPS) is 12.0. The van der Waals surface area contributed by atoms with Crippen molar-refractivity contribution >= 4 is 17.0 Å². The molecule has 0 unspecified atom stereocenters. The zero-order valence-electron chi connectivity index (χ0n) is 16.9. The van der Waals surface area contributed by atoms with Crippen molar-refractivity contribution in [2.75, 3.05) is 6.61 Å². The molecular formula is C20H16F6N4O3. The van der Waals surface area contributed by atoms with Crippen molar-refractivity contribution in [3.8, 4) is 0 Å². The third-order valence-electron chi connectivity index (χ3n) is 4.36. The molecule has 0 bridgehead atoms. The highest BCUT2D eigenvalue weighted by molar-refractivity contribution is 5.98. The number of esters is 1. The number of aromatic nitrogens is 4. The summed E-state index contributed by atoms with van der Waals surface area (Å²) in [5.74, 6) is -1.02. The number of hydrogen-bond donors (Lipinski definition) is 1. The maximum atomic E-state index is 12.8. The summed E-state index contributed by atoms with van der Waals surface area (Å²) in [6.45, 7) is 0.847. The number of carbonyl (C=O) groups excluding carboxylic acids is 1. The molecule has 0 spiro atoms. The van der Waals surface area contributed by atoms with E-state index >= 15 is 0 Å². The van der Waals surface area contributed by atoms with Crippen LogP contribution in [0.3, 0.4) is 0 Å². The van der Waals surface area contributed by atoms with E-state index in [1.165, 1.54) is 43.6 Å². The number of alkyl halides is 6. The van der Waals surface area contributed by atoms with Crippen LogP contribution in [0.5, 0.6) is 0 Å². The molecule has 4 rings (SSSR count). The highest BCUT2D eigenvalue weighted by atomic mass is 19.4. The topological polar surface area (TPSA) is 81.1 Å². The molecule has 176 valence electrons. The molecule has 0 aliphatic rings. The third kappa shape index (κ3) is 4.92. The number of nitrogens with zero attached hydrogens (tertiary/aromatic N) is 4. The van der Waals surface area contributed by atoms with E-state index in [0.29, 0.717) is 0 Å². The summed E-state index contributed by atoms with van der Waals surface area (Å²) in [7, 11) is 0. The Labute approximate surface area is 181 Å². The van der Waals surface area contributed by atoms with Gasteiger partial charge >= 0.3 is 18.3 Å². The van der Waals surface area contributed by atoms with Gasteiger partial charge in [0.15, 0.2) is 11.4 Å². The Morgan fingerprint density at radius 1 is 0.909 bits per heavy atom. The molecule has 1 N–H and O–H groups in total. The molecule has 0 radical (unpaired) electrons. The maximum absolute atomic E-state index is 12.8. The van der Waals surface area contributed by atoms with Gasteiger partial charge in [-0.3, -0.25) is 0 Å². The van der Waals surface area contributed by atoms with Crippen LogP contribution in [0.4, 0.5) is 26.3 Å². The van der Waals surface area contributed by atoms with Crippen LogP contribution in [0.25, 0.3) is 11.0 Å². The second kappa shape index (κ2) is 9.10. The lowest BCUT2D eigenvalue weighted by atomic mass is 10.2. The predicted octanol–water partition coefficient (Wildman–Crippen LogP) is 4.38. The van der Waals surface area contributed by atoms with Crippen molar-refractivity contribution in [3.63, 3.8) is 0 Å². The second-order valence-electron chi connectivity index (χ2n) is 6.49. The van der Waals surface area contributed by atoms with Gasteiger partial charge in [0.05, 0.1) is 24.2 Å². The van der Waals surface area contributed by atoms with Crippen molar-refractivity contribution in [1.82, 2.24) is 19.2 Å². The average Bonchev–Trinajstić information content (AvgIpc) is 3.33. The zero-order chi connectivity index (χ0) is 24.4. The molecule has 4 heterocycles. The smallest absolute Gasteiger partial charge is 0.436 e. The first-order chi connectivity index (χ1) is 15.5. The number of pyridine rings is 2. The molecule has 0 saturated carbocycles. The lowest BCUT2D eigenvalue weighted by Crippen LogP contribution is -2.14. The zero-order valence-corrected chi connectivity index (χ0v) is 16.9. The van der Waals surface area contributed by atoms with Gasteiger partial charge in [-0.25, -0.2) is 13.8 Å². The van der Waals surface area contributed by atoms with Crippen molar-refractivity contribution in [3.05, 3.63) is 71.3 Å². The molecule has 4 aromatic rings. The van der Waals surface area contributed by atoms with Gasteiger partial charge in [-0.05, 0) is 31.2 Å². The number of aliphatic hydroxyl groups is 1. The molecule has 13 heteroatoms. The molecule has 0 aliphatic carbocycles. The van der Waals surface area contributed by atoms with Gasteiger partial charge in [0.1, 0.15) is 5.56 Å². The Morgan fingerprint density at radius 3 is 1.94 bits per heavy atom. The minimum Gasteiger partial charge on any atom is -0.462 e. The fraction of sp³-hybridized carbons (Fsp3) is 0.250. The molecule has 0 atom stereocenters. The van der Waals surface area contributed by atoms with Crippen LogP contribution in [0, 0.1) is 0 Å². The minimum atomic E-state index is -4.70. The van der Waals surface area contributed by atoms with Gasteiger partial charge < -0.3 is 9.84 Å². The number of fused-ring (bicyclic) bond motifs is 2. The second-order valence-corrected chi connectivity index (χ2v) is 6.49. The van der Waals surface area contributed by atoms with E-state index in [0.717, 1.165) is 9.03 Å². The van der Waals surface area contributed by atoms with Crippen LogP contribution >= 0.6 is 0 Å². The molecular weight excluding hydrogens is 458 g/mol. The summed E-state index contributed by atoms with van der Waals surface area (Å²) in [6.07, 6.45) is -6.49. The van der Waals surface area contributed by atoms with Gasteiger partial charge in [-0.15, -0.1) is 0 Å². The molecule has 0 aliphatic heterocycles. The van der Waals surface area contributed by atoms with Crippen LogP contribution in [0.2, 0.25) is 0 Å². The van der Waals surface area contributed by atoms with Crippen LogP contribution in [0.1, 0.15) is 34.2 Å². The summed E-state index contributed by atoms with van der Waals surface area (Å²) in [6, 6.07) is 9.08. The lowest BCUT2D eigenvalue weighted by molar-refractivity contribution is -0.142. The van der Waals surface area contributed by atoms with Crippen molar-refractivity contribution in [2.45, 2.75) is 25.9 Å². The van der Waals surface area contributed by atoms with Gasteiger partial charge in [0, 0.05) is 18.0 Å². The summed E-state index contributed by atoms with van der Waals surface area (Å²) in [5, 5.41) is 15.7. The standard InChI is InChI=1S/C11H9F3N2O2.C9H7F3N2O/c1-2-18-10(17)8-7-5-3-4-6-16(7)15-9(8)11(12,13)14;10-9(11,12)8-6(5-15)7-3-1-2-4-14(7)13-8/h3-6H,2H2,1H3;1-4,15H,5H2. The number of halogens is 6. The molecule has 0 saturated heterocycles. The first-order valence-corrected chi connectivity index (χ1v) is 9.35. The summed E-state index contributed by atoms with van der Waals surface area (Å²) in [5.41, 5.74) is -2.66. The molecule has 33 heavy (non-hydrogen) atoms. The van der Waals surface area contributed by atoms with Gasteiger partial charge in [-0.2, -0.15) is 36.5 Å². The van der Waals surface area contributed by atoms with Crippen molar-refractivity contribution in [1.29, 1.82) is 0 Å². The quantitative estimate of drug-likeness (QED) is 0.352. The first-order valence-electron chi connectivity index (χ1n) is 9.35. The van der Waals surface area contributed by atoms with Gasteiger partial charge in [0.2, 0.25) is 0 Å². The Bertz CT molecular complexity index is 1280. The Hall–Kier alpha value is -3.61. The van der Waals surface area contributed by atoms with E-state index in [4.69, 9.17) is 5.11 Å². The van der Waals surface area contributed by atoms with E-state index in [9.17, 15) is 31.1 Å². The highest BCUT2D eigenvalue weighted by Gasteiger charge is 2.40. The number of ether oxygens (including phenoxy) is 1. The molecule has 7 nitrogen and oxygen atoms in total. The van der Waals surface area contributed by atoms with E-state index in [1.807, 2.05) is 0 Å². The van der Waals surface area contributed by atoms with Crippen molar-refractivity contribution in [2.24, 2.45) is 0 Å². The van der Waals surface area contributed by atoms with E-state index < -0.39 is 41.9 Å². The molecule has 4 aromatic heterocycles. The third-order valence-corrected chi connectivity index (χ3v) is 4.36.